The molecule has 4 aromatic rings. The Morgan fingerprint density at radius 2 is 1.76 bits per heavy atom. The minimum absolute atomic E-state index is 0.0748. The van der Waals surface area contributed by atoms with Crippen LogP contribution in [0.1, 0.15) is 15.2 Å². The maximum absolute atomic E-state index is 12.4. The van der Waals surface area contributed by atoms with Crippen molar-refractivity contribution in [3.63, 3.8) is 0 Å². The second-order valence-corrected chi connectivity index (χ2v) is 9.05. The van der Waals surface area contributed by atoms with E-state index in [0.29, 0.717) is 5.02 Å². The molecule has 144 valence electrons. The van der Waals surface area contributed by atoms with Gasteiger partial charge in [0, 0.05) is 14.8 Å². The van der Waals surface area contributed by atoms with E-state index in [4.69, 9.17) is 11.6 Å². The van der Waals surface area contributed by atoms with Crippen LogP contribution in [-0.2, 0) is 0 Å². The van der Waals surface area contributed by atoms with Crippen LogP contribution in [0, 0.1) is 0 Å². The Kier molecular flexibility index (Phi) is 5.85. The van der Waals surface area contributed by atoms with Crippen LogP contribution < -0.4 is 5.43 Å². The van der Waals surface area contributed by atoms with E-state index in [0.717, 1.165) is 24.8 Å². The zero-order chi connectivity index (χ0) is 20.2. The Hall–Kier alpha value is -2.80. The molecule has 0 aliphatic rings. The molecule has 4 nitrogen and oxygen atoms in total. The van der Waals surface area contributed by atoms with Gasteiger partial charge in [0.25, 0.3) is 5.91 Å². The quantitative estimate of drug-likeness (QED) is 0.289. The Balaban J connectivity index is 1.41. The van der Waals surface area contributed by atoms with Crippen molar-refractivity contribution < 1.29 is 9.90 Å². The molecular formula is C22H15ClN2O2S2. The number of hydrazone groups is 1. The molecule has 0 radical (unpaired) electrons. The number of phenolic OH excluding ortho intramolecular Hbond substituents is 1. The summed E-state index contributed by atoms with van der Waals surface area (Å²) in [4.78, 5) is 14.4. The highest BCUT2D eigenvalue weighted by molar-refractivity contribution is 8.01. The molecule has 7 heteroatoms. The molecule has 3 aromatic carbocycles. The number of thiophene rings is 1. The summed E-state index contributed by atoms with van der Waals surface area (Å²) < 4.78 is 1.10. The average molecular weight is 439 g/mol. The van der Waals surface area contributed by atoms with Gasteiger partial charge in [-0.25, -0.2) is 5.43 Å². The molecule has 29 heavy (non-hydrogen) atoms. The zero-order valence-corrected chi connectivity index (χ0v) is 17.4. The molecule has 1 aromatic heterocycles. The second-order valence-electron chi connectivity index (χ2n) is 6.13. The largest absolute Gasteiger partial charge is 0.507 e. The summed E-state index contributed by atoms with van der Waals surface area (Å²) in [5.41, 5.74) is 2.66. The van der Waals surface area contributed by atoms with Gasteiger partial charge in [-0.15, -0.1) is 11.3 Å². The number of amides is 1. The van der Waals surface area contributed by atoms with Crippen molar-refractivity contribution in [2.75, 3.05) is 0 Å². The number of benzene rings is 3. The van der Waals surface area contributed by atoms with Gasteiger partial charge in [-0.05, 0) is 59.3 Å². The Morgan fingerprint density at radius 1 is 1.03 bits per heavy atom. The molecule has 0 saturated carbocycles. The maximum atomic E-state index is 12.4. The lowest BCUT2D eigenvalue weighted by Gasteiger charge is -2.05. The lowest BCUT2D eigenvalue weighted by molar-refractivity contribution is 0.0952. The normalized spacial score (nSPS) is 11.2. The van der Waals surface area contributed by atoms with E-state index in [9.17, 15) is 9.90 Å². The Morgan fingerprint density at radius 3 is 2.52 bits per heavy atom. The van der Waals surface area contributed by atoms with Gasteiger partial charge >= 0.3 is 0 Å². The van der Waals surface area contributed by atoms with Crippen molar-refractivity contribution in [1.29, 1.82) is 0 Å². The fourth-order valence-corrected chi connectivity index (χ4v) is 4.82. The molecule has 0 spiro atoms. The van der Waals surface area contributed by atoms with Crippen molar-refractivity contribution in [3.05, 3.63) is 88.3 Å². The monoisotopic (exact) mass is 438 g/mol. The smallest absolute Gasteiger partial charge is 0.275 e. The Bertz CT molecular complexity index is 1200. The van der Waals surface area contributed by atoms with Crippen LogP contribution in [0.15, 0.2) is 87.0 Å². The van der Waals surface area contributed by atoms with Crippen LogP contribution in [0.2, 0.25) is 5.02 Å². The number of hydrogen-bond donors (Lipinski definition) is 2. The highest BCUT2D eigenvalue weighted by atomic mass is 35.5. The van der Waals surface area contributed by atoms with Crippen molar-refractivity contribution in [2.45, 2.75) is 9.10 Å². The minimum atomic E-state index is -0.461. The molecule has 4 rings (SSSR count). The summed E-state index contributed by atoms with van der Waals surface area (Å²) in [6.45, 7) is 0. The third-order valence-corrected chi connectivity index (χ3v) is 6.51. The number of phenols is 1. The first-order valence-corrected chi connectivity index (χ1v) is 10.7. The third-order valence-electron chi connectivity index (χ3n) is 4.10. The zero-order valence-electron chi connectivity index (χ0n) is 15.0. The molecule has 1 amide bonds. The predicted octanol–water partition coefficient (Wildman–Crippen LogP) is 6.18. The predicted molar refractivity (Wildman–Crippen MR) is 121 cm³/mol. The average Bonchev–Trinajstić information content (AvgIpc) is 3.16. The fourth-order valence-electron chi connectivity index (χ4n) is 2.70. The van der Waals surface area contributed by atoms with E-state index < -0.39 is 5.91 Å². The molecule has 0 unspecified atom stereocenters. The summed E-state index contributed by atoms with van der Waals surface area (Å²) in [6, 6.07) is 22.4. The van der Waals surface area contributed by atoms with Gasteiger partial charge in [0.05, 0.1) is 16.0 Å². The summed E-state index contributed by atoms with van der Waals surface area (Å²) in [7, 11) is 0. The molecule has 0 atom stereocenters. The topological polar surface area (TPSA) is 61.7 Å². The lowest BCUT2D eigenvalue weighted by Crippen LogP contribution is -2.17. The number of hydrogen-bond acceptors (Lipinski definition) is 5. The summed E-state index contributed by atoms with van der Waals surface area (Å²) in [5.74, 6) is -0.536. The first-order chi connectivity index (χ1) is 14.1. The van der Waals surface area contributed by atoms with Gasteiger partial charge < -0.3 is 5.11 Å². The van der Waals surface area contributed by atoms with Gasteiger partial charge in [-0.1, -0.05) is 47.6 Å². The number of halogens is 1. The standard InChI is InChI=1S/C22H15ClN2O2S2/c23-16-5-7-17(8-6-16)28-21-10-9-18(29-21)13-24-25-22(27)19-11-14-3-1-2-4-15(14)12-20(19)26/h1-13,26H,(H,25,27). The molecule has 0 fully saturated rings. The van der Waals surface area contributed by atoms with Gasteiger partial charge in [0.2, 0.25) is 0 Å². The SMILES string of the molecule is O=C(NN=Cc1ccc(Sc2ccc(Cl)cc2)s1)c1cc2ccccc2cc1O. The molecule has 0 bridgehead atoms. The molecule has 1 heterocycles. The van der Waals surface area contributed by atoms with Crippen molar-refractivity contribution in [1.82, 2.24) is 5.43 Å². The number of fused-ring (bicyclic) bond motifs is 1. The first kappa shape index (κ1) is 19.5. The highest BCUT2D eigenvalue weighted by Crippen LogP contribution is 2.33. The first-order valence-electron chi connectivity index (χ1n) is 8.67. The van der Waals surface area contributed by atoms with Crippen molar-refractivity contribution in [2.24, 2.45) is 5.10 Å². The molecule has 0 aliphatic carbocycles. The number of nitrogens with zero attached hydrogens (tertiary/aromatic N) is 1. The summed E-state index contributed by atoms with van der Waals surface area (Å²) in [5, 5.41) is 16.6. The van der Waals surface area contributed by atoms with Gasteiger partial charge in [0.1, 0.15) is 5.75 Å². The number of carbonyl (C=O) groups excluding carboxylic acids is 1. The van der Waals surface area contributed by atoms with E-state index in [2.05, 4.69) is 10.5 Å². The number of carbonyl (C=O) groups is 1. The number of aromatic hydroxyl groups is 1. The summed E-state index contributed by atoms with van der Waals surface area (Å²) in [6.07, 6.45) is 1.59. The van der Waals surface area contributed by atoms with Crippen LogP contribution in [0.5, 0.6) is 5.75 Å². The number of rotatable bonds is 5. The molecular weight excluding hydrogens is 424 g/mol. The summed E-state index contributed by atoms with van der Waals surface area (Å²) >= 11 is 9.11. The van der Waals surface area contributed by atoms with E-state index in [1.54, 1.807) is 41.4 Å². The third kappa shape index (κ3) is 4.79. The molecule has 2 N–H and O–H groups in total. The van der Waals surface area contributed by atoms with Gasteiger partial charge in [-0.2, -0.15) is 5.10 Å². The maximum Gasteiger partial charge on any atom is 0.275 e. The van der Waals surface area contributed by atoms with Crippen LogP contribution in [-0.4, -0.2) is 17.2 Å². The lowest BCUT2D eigenvalue weighted by atomic mass is 10.1. The van der Waals surface area contributed by atoms with E-state index in [-0.39, 0.29) is 11.3 Å². The van der Waals surface area contributed by atoms with E-state index >= 15 is 0 Å². The Labute approximate surface area is 180 Å². The molecule has 0 saturated heterocycles. The highest BCUT2D eigenvalue weighted by Gasteiger charge is 2.11. The van der Waals surface area contributed by atoms with Crippen LogP contribution in [0.4, 0.5) is 0 Å². The second kappa shape index (κ2) is 8.69. The van der Waals surface area contributed by atoms with Crippen molar-refractivity contribution in [3.8, 4) is 5.75 Å². The minimum Gasteiger partial charge on any atom is -0.507 e. The van der Waals surface area contributed by atoms with E-state index in [1.165, 1.54) is 0 Å². The fraction of sp³-hybridized carbons (Fsp3) is 0. The van der Waals surface area contributed by atoms with Crippen molar-refractivity contribution >= 4 is 57.6 Å². The van der Waals surface area contributed by atoms with Crippen LogP contribution in [0.25, 0.3) is 10.8 Å². The van der Waals surface area contributed by atoms with Crippen LogP contribution >= 0.6 is 34.7 Å². The van der Waals surface area contributed by atoms with Crippen LogP contribution in [0.3, 0.4) is 0 Å². The van der Waals surface area contributed by atoms with E-state index in [1.807, 2.05) is 60.7 Å². The molecule has 0 aliphatic heterocycles. The number of nitrogens with one attached hydrogen (secondary N) is 1. The van der Waals surface area contributed by atoms with Gasteiger partial charge in [0.15, 0.2) is 0 Å². The van der Waals surface area contributed by atoms with Gasteiger partial charge in [-0.3, -0.25) is 4.79 Å².